The molecular weight excluding hydrogens is 703 g/mol. The van der Waals surface area contributed by atoms with Gasteiger partial charge in [0.1, 0.15) is 0 Å². The van der Waals surface area contributed by atoms with Crippen LogP contribution >= 0.6 is 25.3 Å². The van der Waals surface area contributed by atoms with Crippen molar-refractivity contribution in [2.24, 2.45) is 11.8 Å². The van der Waals surface area contributed by atoms with Gasteiger partial charge in [0.05, 0.1) is 0 Å². The van der Waals surface area contributed by atoms with Gasteiger partial charge < -0.3 is 0 Å². The van der Waals surface area contributed by atoms with Gasteiger partial charge in [-0.15, -0.1) is 0 Å². The fourth-order valence-electron chi connectivity index (χ4n) is 6.12. The second-order valence-corrected chi connectivity index (χ2v) is 23.6. The van der Waals surface area contributed by atoms with Crippen LogP contribution in [0.2, 0.25) is 8.87 Å². The van der Waals surface area contributed by atoms with Crippen molar-refractivity contribution in [3.8, 4) is 0 Å². The van der Waals surface area contributed by atoms with Crippen molar-refractivity contribution in [3.63, 3.8) is 0 Å². The molecule has 0 rings (SSSR count). The topological polar surface area (TPSA) is 52.6 Å². The first-order valence-corrected chi connectivity index (χ1v) is 27.2. The molecule has 2 unspecified atom stereocenters. The second kappa shape index (κ2) is 33.0. The van der Waals surface area contributed by atoms with Crippen LogP contribution in [0, 0.1) is 11.8 Å². The number of thiol groups is 2. The van der Waals surface area contributed by atoms with Gasteiger partial charge in [0.2, 0.25) is 0 Å². The molecule has 0 radical (unpaired) electrons. The molecule has 0 spiro atoms. The average molecular weight is 780 g/mol. The molecule has 0 aliphatic heterocycles. The maximum absolute atomic E-state index is 13.6. The number of carbonyl (C=O) groups excluding carboxylic acids is 2. The Bertz CT molecular complexity index is 622. The normalized spacial score (nSPS) is 13.1. The molecule has 0 heterocycles. The molecule has 45 heavy (non-hydrogen) atoms. The Morgan fingerprint density at radius 3 is 0.978 bits per heavy atom. The summed E-state index contributed by atoms with van der Waals surface area (Å²) in [6, 6.07) is 0. The molecular formula is C38H76O4S2Sn. The first kappa shape index (κ1) is 45.4. The molecule has 0 aromatic rings. The Labute approximate surface area is 297 Å². The van der Waals surface area contributed by atoms with Crippen molar-refractivity contribution < 1.29 is 15.7 Å². The van der Waals surface area contributed by atoms with Gasteiger partial charge in [-0.25, -0.2) is 0 Å². The molecule has 0 aliphatic rings. The van der Waals surface area contributed by atoms with Crippen molar-refractivity contribution in [1.29, 1.82) is 0 Å². The van der Waals surface area contributed by atoms with E-state index in [9.17, 15) is 9.59 Å². The molecule has 2 atom stereocenters. The molecule has 0 aromatic heterocycles. The van der Waals surface area contributed by atoms with E-state index in [0.29, 0.717) is 11.5 Å². The Balaban J connectivity index is 5.49. The van der Waals surface area contributed by atoms with Crippen molar-refractivity contribution in [3.05, 3.63) is 0 Å². The predicted molar refractivity (Wildman–Crippen MR) is 205 cm³/mol. The zero-order valence-corrected chi connectivity index (χ0v) is 35.0. The van der Waals surface area contributed by atoms with Gasteiger partial charge in [0.15, 0.2) is 0 Å². The first-order valence-electron chi connectivity index (χ1n) is 19.6. The van der Waals surface area contributed by atoms with Crippen LogP contribution in [-0.2, 0) is 15.7 Å². The van der Waals surface area contributed by atoms with Crippen LogP contribution in [0.4, 0.5) is 0 Å². The summed E-state index contributed by atoms with van der Waals surface area (Å²) < 4.78 is 14.7. The van der Waals surface area contributed by atoms with Gasteiger partial charge in [-0.2, -0.15) is 0 Å². The minimum atomic E-state index is -4.09. The minimum absolute atomic E-state index is 0.155. The molecule has 0 N–H and O–H groups in total. The van der Waals surface area contributed by atoms with E-state index in [1.165, 1.54) is 103 Å². The van der Waals surface area contributed by atoms with E-state index >= 15 is 0 Å². The van der Waals surface area contributed by atoms with Gasteiger partial charge in [0, 0.05) is 0 Å². The zero-order valence-electron chi connectivity index (χ0n) is 30.4. The van der Waals surface area contributed by atoms with Crippen molar-refractivity contribution >= 4 is 56.4 Å². The van der Waals surface area contributed by atoms with Gasteiger partial charge in [-0.1, -0.05) is 0 Å². The molecule has 0 amide bonds. The fourth-order valence-corrected chi connectivity index (χ4v) is 16.3. The van der Waals surface area contributed by atoms with E-state index in [1.54, 1.807) is 0 Å². The van der Waals surface area contributed by atoms with Crippen LogP contribution in [0.25, 0.3) is 0 Å². The summed E-state index contributed by atoms with van der Waals surface area (Å²) in [4.78, 5) is 27.3. The first-order chi connectivity index (χ1) is 21.9. The molecule has 0 saturated carbocycles. The standard InChI is InChI=1S/2C12H25.2C7H14O2S.Sn/c2*1-3-5-7-9-11-12-10-8-6-4-2;2*1-2-3-4-6(5-10)7(8)9;/h2*1,3-12H2,2H3;2*6,10H,2-5H2,1H3,(H,8,9);/q;;;;+2/p-2. The third kappa shape index (κ3) is 25.1. The van der Waals surface area contributed by atoms with Crippen LogP contribution in [0.15, 0.2) is 0 Å². The number of carbonyl (C=O) groups is 2. The fraction of sp³-hybridized carbons (Fsp3) is 0.947. The molecule has 0 bridgehead atoms. The summed E-state index contributed by atoms with van der Waals surface area (Å²) >= 11 is 4.97. The van der Waals surface area contributed by atoms with Crippen molar-refractivity contribution in [1.82, 2.24) is 0 Å². The quantitative estimate of drug-likeness (QED) is 0.0388. The van der Waals surface area contributed by atoms with Gasteiger partial charge in [0.25, 0.3) is 0 Å². The summed E-state index contributed by atoms with van der Waals surface area (Å²) in [5.41, 5.74) is 0. The van der Waals surface area contributed by atoms with Gasteiger partial charge in [-0.05, 0) is 0 Å². The van der Waals surface area contributed by atoms with Gasteiger partial charge >= 0.3 is 299 Å². The second-order valence-electron chi connectivity index (χ2n) is 13.7. The van der Waals surface area contributed by atoms with E-state index in [4.69, 9.17) is 6.15 Å². The molecule has 0 fully saturated rings. The molecule has 0 aliphatic carbocycles. The van der Waals surface area contributed by atoms with E-state index in [1.807, 2.05) is 0 Å². The molecule has 0 aromatic carbocycles. The summed E-state index contributed by atoms with van der Waals surface area (Å²) in [5.74, 6) is 0.227. The van der Waals surface area contributed by atoms with E-state index in [2.05, 4.69) is 53.0 Å². The Morgan fingerprint density at radius 2 is 0.711 bits per heavy atom. The molecule has 0 saturated heterocycles. The molecule has 268 valence electrons. The average Bonchev–Trinajstić information content (AvgIpc) is 3.03. The maximum atomic E-state index is 13.6. The summed E-state index contributed by atoms with van der Waals surface area (Å²) in [6.45, 7) is 8.83. The summed E-state index contributed by atoms with van der Waals surface area (Å²) in [7, 11) is 0. The van der Waals surface area contributed by atoms with Crippen molar-refractivity contribution in [2.75, 3.05) is 11.5 Å². The summed E-state index contributed by atoms with van der Waals surface area (Å²) in [5, 5.41) is 0. The third-order valence-corrected chi connectivity index (χ3v) is 19.8. The zero-order chi connectivity index (χ0) is 33.4. The number of unbranched alkanes of at least 4 members (excludes halogenated alkanes) is 20. The van der Waals surface area contributed by atoms with Crippen LogP contribution in [0.3, 0.4) is 0 Å². The Hall–Kier alpha value is 0.439. The summed E-state index contributed by atoms with van der Waals surface area (Å²) in [6.07, 6.45) is 30.8. The van der Waals surface area contributed by atoms with Gasteiger partial charge in [-0.3, -0.25) is 0 Å². The third-order valence-electron chi connectivity index (χ3n) is 9.32. The Kier molecular flexibility index (Phi) is 33.3. The molecule has 4 nitrogen and oxygen atoms in total. The number of rotatable bonds is 34. The van der Waals surface area contributed by atoms with Crippen LogP contribution < -0.4 is 0 Å². The van der Waals surface area contributed by atoms with Crippen molar-refractivity contribution in [2.45, 2.75) is 204 Å². The molecule has 7 heteroatoms. The van der Waals surface area contributed by atoms with Crippen LogP contribution in [0.1, 0.15) is 195 Å². The Morgan fingerprint density at radius 1 is 0.444 bits per heavy atom. The van der Waals surface area contributed by atoms with E-state index < -0.39 is 19.2 Å². The number of hydrogen-bond donors (Lipinski definition) is 2. The SMILES string of the molecule is CCCCCCCCCCC[CH2][Sn]([CH2]CCCCCCCCCCC)([O]C(=O)C(CS)CCCC)[O]C(=O)C(CS)CCCC. The monoisotopic (exact) mass is 780 g/mol. The van der Waals surface area contributed by atoms with E-state index in [0.717, 1.165) is 73.1 Å². The number of hydrogen-bond acceptors (Lipinski definition) is 6. The van der Waals surface area contributed by atoms with Crippen LogP contribution in [0.5, 0.6) is 0 Å². The van der Waals surface area contributed by atoms with Crippen LogP contribution in [-0.4, -0.2) is 42.6 Å². The van der Waals surface area contributed by atoms with E-state index in [-0.39, 0.29) is 23.8 Å². The predicted octanol–water partition coefficient (Wildman–Crippen LogP) is 12.8.